The number of sulfone groups is 2. The Morgan fingerprint density at radius 3 is 1.76 bits per heavy atom. The smallest absolute Gasteiger partial charge is 0.357 e. The van der Waals surface area contributed by atoms with Crippen molar-refractivity contribution in [3.05, 3.63) is 115 Å². The molecular formula is C28H23FO6S2. The molecule has 0 aliphatic heterocycles. The fourth-order valence-corrected chi connectivity index (χ4v) is 8.16. The highest BCUT2D eigenvalue weighted by Gasteiger charge is 2.63. The van der Waals surface area contributed by atoms with E-state index in [4.69, 9.17) is 4.74 Å². The molecule has 1 atom stereocenters. The quantitative estimate of drug-likeness (QED) is 0.281. The molecule has 4 aromatic carbocycles. The van der Waals surface area contributed by atoms with Gasteiger partial charge in [-0.05, 0) is 52.7 Å². The van der Waals surface area contributed by atoms with Crippen LogP contribution < -0.4 is 0 Å². The number of hydrogen-bond donors (Lipinski definition) is 0. The number of esters is 1. The van der Waals surface area contributed by atoms with Crippen LogP contribution in [-0.4, -0.2) is 33.2 Å². The Morgan fingerprint density at radius 1 is 0.757 bits per heavy atom. The molecule has 6 nitrogen and oxygen atoms in total. The second-order valence-electron chi connectivity index (χ2n) is 8.21. The number of ether oxygens (including phenoxy) is 1. The summed E-state index contributed by atoms with van der Waals surface area (Å²) in [6.07, 6.45) is -0.0473. The monoisotopic (exact) mass is 538 g/mol. The number of alkyl halides is 1. The fourth-order valence-electron chi connectivity index (χ4n) is 3.88. The molecule has 4 aromatic rings. The molecule has 0 spiro atoms. The number of fused-ring (bicyclic) bond motifs is 1. The molecule has 0 N–H and O–H groups in total. The summed E-state index contributed by atoms with van der Waals surface area (Å²) in [7, 11) is -10.5. The summed E-state index contributed by atoms with van der Waals surface area (Å²) in [5.74, 6) is -1.05. The molecule has 0 bridgehead atoms. The lowest BCUT2D eigenvalue weighted by molar-refractivity contribution is -0.146. The highest BCUT2D eigenvalue weighted by Crippen LogP contribution is 2.42. The minimum absolute atomic E-state index is 0.521. The summed E-state index contributed by atoms with van der Waals surface area (Å²) < 4.78 is 73.0. The van der Waals surface area contributed by atoms with Crippen LogP contribution in [0.1, 0.15) is 12.5 Å². The second-order valence-corrected chi connectivity index (χ2v) is 12.6. The van der Waals surface area contributed by atoms with E-state index in [9.17, 15) is 21.6 Å². The van der Waals surface area contributed by atoms with E-state index in [1.165, 1.54) is 42.5 Å². The van der Waals surface area contributed by atoms with Gasteiger partial charge in [0.25, 0.3) is 0 Å². The molecule has 0 saturated carbocycles. The van der Waals surface area contributed by atoms with E-state index in [1.807, 2.05) is 24.3 Å². The predicted octanol–water partition coefficient (Wildman–Crippen LogP) is 5.36. The van der Waals surface area contributed by atoms with Crippen molar-refractivity contribution in [3.8, 4) is 0 Å². The topological polar surface area (TPSA) is 94.6 Å². The molecule has 0 aliphatic carbocycles. The summed E-state index contributed by atoms with van der Waals surface area (Å²) in [6, 6.07) is 25.4. The maximum atomic E-state index is 17.2. The lowest BCUT2D eigenvalue weighted by Crippen LogP contribution is -2.52. The minimum Gasteiger partial charge on any atom is -0.452 e. The van der Waals surface area contributed by atoms with Gasteiger partial charge in [-0.2, -0.15) is 0 Å². The summed E-state index contributed by atoms with van der Waals surface area (Å²) in [4.78, 5) is 10.9. The number of carbonyl (C=O) groups excluding carboxylic acids is 1. The maximum Gasteiger partial charge on any atom is 0.357 e. The average molecular weight is 539 g/mol. The van der Waals surface area contributed by atoms with E-state index in [1.54, 1.807) is 18.2 Å². The summed E-state index contributed by atoms with van der Waals surface area (Å²) in [5, 5.41) is 1.79. The van der Waals surface area contributed by atoms with Crippen LogP contribution in [0.3, 0.4) is 0 Å². The normalized spacial score (nSPS) is 13.5. The van der Waals surface area contributed by atoms with Gasteiger partial charge in [0.1, 0.15) is 0 Å². The van der Waals surface area contributed by atoms with Crippen LogP contribution in [0.15, 0.2) is 119 Å². The Kier molecular flexibility index (Phi) is 7.29. The average Bonchev–Trinajstić information content (AvgIpc) is 2.91. The van der Waals surface area contributed by atoms with E-state index < -0.39 is 45.9 Å². The van der Waals surface area contributed by atoms with Crippen molar-refractivity contribution >= 4 is 42.5 Å². The van der Waals surface area contributed by atoms with E-state index >= 15 is 4.39 Å². The van der Waals surface area contributed by atoms with Gasteiger partial charge in [0, 0.05) is 6.92 Å². The third-order valence-electron chi connectivity index (χ3n) is 5.71. The molecule has 0 aliphatic rings. The first-order valence-electron chi connectivity index (χ1n) is 11.2. The molecular weight excluding hydrogens is 515 g/mol. The van der Waals surface area contributed by atoms with Crippen LogP contribution >= 0.6 is 0 Å². The molecule has 4 rings (SSSR count). The Labute approximate surface area is 214 Å². The van der Waals surface area contributed by atoms with E-state index in [0.29, 0.717) is 5.56 Å². The third kappa shape index (κ3) is 4.92. The van der Waals surface area contributed by atoms with Crippen molar-refractivity contribution in [1.82, 2.24) is 0 Å². The molecule has 0 saturated heterocycles. The van der Waals surface area contributed by atoms with Gasteiger partial charge < -0.3 is 4.74 Å². The van der Waals surface area contributed by atoms with E-state index in [-0.39, 0.29) is 0 Å². The Morgan fingerprint density at radius 2 is 1.24 bits per heavy atom. The second kappa shape index (κ2) is 10.3. The Balaban J connectivity index is 1.93. The number of benzene rings is 4. The Bertz CT molecular complexity index is 1600. The number of hydrogen-bond acceptors (Lipinski definition) is 6. The first kappa shape index (κ1) is 26.2. The zero-order valence-corrected chi connectivity index (χ0v) is 21.3. The van der Waals surface area contributed by atoms with Crippen LogP contribution in [-0.2, 0) is 29.2 Å². The van der Waals surface area contributed by atoms with Crippen LogP contribution in [0.25, 0.3) is 16.8 Å². The maximum absolute atomic E-state index is 17.2. The molecule has 0 fully saturated rings. The molecule has 1 unspecified atom stereocenters. The number of rotatable bonds is 8. The van der Waals surface area contributed by atoms with Crippen LogP contribution in [0.5, 0.6) is 0 Å². The van der Waals surface area contributed by atoms with Crippen LogP contribution in [0.2, 0.25) is 0 Å². The molecule has 37 heavy (non-hydrogen) atoms. The van der Waals surface area contributed by atoms with Gasteiger partial charge in [-0.3, -0.25) is 4.79 Å². The molecule has 0 radical (unpaired) electrons. The first-order chi connectivity index (χ1) is 17.6. The fraction of sp³-hybridized carbons (Fsp3) is 0.107. The standard InChI is InChI=1S/C28H23FO6S2/c1-21(30)35-27(19-17-22-16-18-23-10-8-9-11-24(23)20-22)28(29,36(31,32)25-12-4-2-5-13-25)37(33,34)26-14-6-3-7-15-26/h2-20,27H,1H3/b19-17+. The SMILES string of the molecule is CC(=O)OC(/C=C/c1ccc2ccccc2c1)C(F)(S(=O)(=O)c1ccccc1)S(=O)(=O)c1ccccc1. The molecule has 0 aromatic heterocycles. The van der Waals surface area contributed by atoms with Crippen molar-refractivity contribution in [2.24, 2.45) is 0 Å². The zero-order valence-electron chi connectivity index (χ0n) is 19.7. The molecule has 190 valence electrons. The van der Waals surface area contributed by atoms with Crippen LogP contribution in [0, 0.1) is 0 Å². The summed E-state index contributed by atoms with van der Waals surface area (Å²) in [6.45, 7) is 0.946. The van der Waals surface area contributed by atoms with Gasteiger partial charge >= 0.3 is 10.3 Å². The van der Waals surface area contributed by atoms with Crippen molar-refractivity contribution < 1.29 is 30.8 Å². The van der Waals surface area contributed by atoms with Gasteiger partial charge in [-0.1, -0.05) is 78.9 Å². The number of halogens is 1. The van der Waals surface area contributed by atoms with Gasteiger partial charge in [-0.25, -0.2) is 21.2 Å². The Hall–Kier alpha value is -3.82. The zero-order chi connectivity index (χ0) is 26.7. The van der Waals surface area contributed by atoms with Crippen molar-refractivity contribution in [2.45, 2.75) is 27.2 Å². The highest BCUT2D eigenvalue weighted by molar-refractivity contribution is 8.10. The lowest BCUT2D eigenvalue weighted by atomic mass is 10.1. The molecule has 0 heterocycles. The summed E-state index contributed by atoms with van der Waals surface area (Å²) in [5.41, 5.74) is 0.521. The van der Waals surface area contributed by atoms with Crippen molar-refractivity contribution in [3.63, 3.8) is 0 Å². The van der Waals surface area contributed by atoms with Gasteiger partial charge in [-0.15, -0.1) is 0 Å². The van der Waals surface area contributed by atoms with Gasteiger partial charge in [0.05, 0.1) is 9.79 Å². The minimum atomic E-state index is -5.27. The van der Waals surface area contributed by atoms with E-state index in [2.05, 4.69) is 0 Å². The van der Waals surface area contributed by atoms with Gasteiger partial charge in [0.15, 0.2) is 6.10 Å². The third-order valence-corrected chi connectivity index (χ3v) is 10.7. The van der Waals surface area contributed by atoms with E-state index in [0.717, 1.165) is 48.0 Å². The predicted molar refractivity (Wildman–Crippen MR) is 140 cm³/mol. The molecule has 9 heteroatoms. The van der Waals surface area contributed by atoms with Crippen LogP contribution in [0.4, 0.5) is 4.39 Å². The first-order valence-corrected chi connectivity index (χ1v) is 14.2. The molecule has 0 amide bonds. The lowest BCUT2D eigenvalue weighted by Gasteiger charge is -2.30. The van der Waals surface area contributed by atoms with Crippen molar-refractivity contribution in [2.75, 3.05) is 0 Å². The largest absolute Gasteiger partial charge is 0.452 e. The summed E-state index contributed by atoms with van der Waals surface area (Å²) >= 11 is 0. The van der Waals surface area contributed by atoms with Crippen molar-refractivity contribution in [1.29, 1.82) is 0 Å². The highest BCUT2D eigenvalue weighted by atomic mass is 32.3. The van der Waals surface area contributed by atoms with Gasteiger partial charge in [0.2, 0.25) is 19.7 Å². The number of carbonyl (C=O) groups is 1.